The number of carbonyl (C=O) groups excluding carboxylic acids is 2. The van der Waals surface area contributed by atoms with Gasteiger partial charge < -0.3 is 29.4 Å². The van der Waals surface area contributed by atoms with Crippen LogP contribution in [0, 0.1) is 0 Å². The minimum absolute atomic E-state index is 0.0580. The molecular weight excluding hydrogens is 337 g/mol. The number of nitrogens with one attached hydrogen (secondary N) is 1. The highest BCUT2D eigenvalue weighted by molar-refractivity contribution is 7.16. The summed E-state index contributed by atoms with van der Waals surface area (Å²) in [4.78, 5) is 23.0. The van der Waals surface area contributed by atoms with Gasteiger partial charge in [-0.2, -0.15) is 0 Å². The lowest BCUT2D eigenvalue weighted by molar-refractivity contribution is -0.194. The van der Waals surface area contributed by atoms with Crippen molar-refractivity contribution in [2.45, 2.75) is 38.6 Å². The van der Waals surface area contributed by atoms with Crippen LogP contribution in [0.3, 0.4) is 0 Å². The molecule has 0 spiro atoms. The molecule has 0 heterocycles. The van der Waals surface area contributed by atoms with Crippen molar-refractivity contribution in [2.24, 2.45) is 0 Å². The van der Waals surface area contributed by atoms with Crippen LogP contribution in [0.2, 0.25) is 0 Å². The summed E-state index contributed by atoms with van der Waals surface area (Å²) in [6.07, 6.45) is -0.0304. The van der Waals surface area contributed by atoms with Crippen LogP contribution in [-0.2, 0) is 28.5 Å². The molecule has 3 atom stereocenters. The van der Waals surface area contributed by atoms with Gasteiger partial charge >= 0.3 is 11.9 Å². The van der Waals surface area contributed by atoms with Crippen LogP contribution in [0.5, 0.6) is 0 Å². The summed E-state index contributed by atoms with van der Waals surface area (Å²) >= 11 is 0. The molecule has 3 unspecified atom stereocenters. The van der Waals surface area contributed by atoms with E-state index in [1.807, 2.05) is 6.92 Å². The van der Waals surface area contributed by atoms with Crippen LogP contribution in [0.15, 0.2) is 12.3 Å². The summed E-state index contributed by atoms with van der Waals surface area (Å²) in [6, 6.07) is 0. The smallest absolute Gasteiger partial charge is 0.325 e. The molecule has 8 nitrogen and oxygen atoms in total. The second-order valence-corrected chi connectivity index (χ2v) is 5.10. The number of aliphatic hydroxyl groups is 1. The highest BCUT2D eigenvalue weighted by Crippen LogP contribution is 2.06. The number of esters is 2. The minimum atomic E-state index is -0.741. The van der Waals surface area contributed by atoms with Crippen molar-refractivity contribution in [3.8, 4) is 0 Å². The number of allylic oxidation sites excluding steroid dienone is 1. The number of methoxy groups -OCH3 is 1. The zero-order valence-electron chi connectivity index (χ0n) is 15.2. The second kappa shape index (κ2) is 14.2. The van der Waals surface area contributed by atoms with Crippen molar-refractivity contribution in [3.05, 3.63) is 12.3 Å². The first kappa shape index (κ1) is 20.8. The van der Waals surface area contributed by atoms with Gasteiger partial charge in [0, 0.05) is 12.8 Å². The third-order valence-electron chi connectivity index (χ3n) is 2.99. The van der Waals surface area contributed by atoms with Crippen LogP contribution in [0.1, 0.15) is 26.2 Å². The van der Waals surface area contributed by atoms with E-state index in [0.29, 0.717) is 18.5 Å². The van der Waals surface area contributed by atoms with E-state index in [1.165, 1.54) is 7.11 Å². The summed E-state index contributed by atoms with van der Waals surface area (Å²) in [5, 5.41) is 11.8. The number of ether oxygens (including phenoxy) is 4. The Morgan fingerprint density at radius 2 is 2.08 bits per heavy atom. The summed E-state index contributed by atoms with van der Waals surface area (Å²) in [5.41, 5.74) is 0.507. The molecule has 0 radical (unpaired) electrons. The summed E-state index contributed by atoms with van der Waals surface area (Å²) in [7, 11) is 1.23. The molecule has 9 heteroatoms. The van der Waals surface area contributed by atoms with Gasteiger partial charge in [0.2, 0.25) is 0 Å². The molecule has 0 aromatic carbocycles. The molecule has 0 amide bonds. The summed E-state index contributed by atoms with van der Waals surface area (Å²) < 4.78 is 27.2. The fraction of sp³-hybridized carbons (Fsp3) is 0.733. The first-order valence-electron chi connectivity index (χ1n) is 8.13. The molecule has 0 saturated carbocycles. The van der Waals surface area contributed by atoms with Crippen molar-refractivity contribution in [2.75, 3.05) is 33.2 Å². The second-order valence-electron chi connectivity index (χ2n) is 4.81. The maximum atomic E-state index is 11.7. The Balaban J connectivity index is 3.94. The quantitative estimate of drug-likeness (QED) is 0.246. The SMILES string of the molecule is [3H]PCOC(=O)CNC(=C)CCC(=O)OCC(OC)OC(CC)CO. The van der Waals surface area contributed by atoms with Gasteiger partial charge in [0.05, 0.1) is 20.4 Å². The molecule has 140 valence electrons. The molecule has 0 saturated heterocycles. The third-order valence-corrected chi connectivity index (χ3v) is 3.14. The molecule has 0 aliphatic carbocycles. The van der Waals surface area contributed by atoms with Crippen LogP contribution in [-0.4, -0.2) is 63.9 Å². The lowest BCUT2D eigenvalue weighted by atomic mass is 10.2. The van der Waals surface area contributed by atoms with E-state index in [4.69, 9.17) is 25.3 Å². The number of rotatable bonds is 15. The van der Waals surface area contributed by atoms with Gasteiger partial charge in [0.15, 0.2) is 6.29 Å². The molecule has 0 aliphatic heterocycles. The first-order valence-corrected chi connectivity index (χ1v) is 8.34. The van der Waals surface area contributed by atoms with Gasteiger partial charge in [0.1, 0.15) is 19.5 Å². The Labute approximate surface area is 146 Å². The lowest BCUT2D eigenvalue weighted by Crippen LogP contribution is -2.30. The van der Waals surface area contributed by atoms with Crippen molar-refractivity contribution < 1.29 is 33.6 Å². The molecular formula is C15H28NO7P. The lowest BCUT2D eigenvalue weighted by Gasteiger charge is -2.21. The van der Waals surface area contributed by atoms with Crippen LogP contribution >= 0.6 is 9.18 Å². The molecule has 0 rings (SSSR count). The molecule has 0 fully saturated rings. The number of aliphatic hydroxyl groups excluding tert-OH is 1. The minimum Gasteiger partial charge on any atom is -0.460 e. The zero-order chi connectivity index (χ0) is 19.1. The number of carbonyl (C=O) groups is 2. The van der Waals surface area contributed by atoms with Crippen molar-refractivity contribution >= 4 is 21.1 Å². The molecule has 0 aliphatic rings. The standard InChI is InChI=1S/C15H28NO7P/c1-4-12(8-17)23-15(20-3)9-21-13(18)6-5-11(2)16-7-14(19)22-10-24/h12,15-17H,2,4-10,24H2,1,3H3/i24T. The monoisotopic (exact) mass is 367 g/mol. The van der Waals surface area contributed by atoms with Crippen molar-refractivity contribution in [3.63, 3.8) is 0 Å². The van der Waals surface area contributed by atoms with Crippen LogP contribution in [0.25, 0.3) is 0 Å². The van der Waals surface area contributed by atoms with Gasteiger partial charge in [-0.1, -0.05) is 22.7 Å². The van der Waals surface area contributed by atoms with E-state index in [-0.39, 0.29) is 47.8 Å². The van der Waals surface area contributed by atoms with Gasteiger partial charge in [-0.15, -0.1) is 0 Å². The molecule has 0 bridgehead atoms. The van der Waals surface area contributed by atoms with Crippen molar-refractivity contribution in [1.82, 2.24) is 5.32 Å². The highest BCUT2D eigenvalue weighted by atomic mass is 31.0. The topological polar surface area (TPSA) is 103 Å². The largest absolute Gasteiger partial charge is 0.460 e. The Morgan fingerprint density at radius 3 is 2.67 bits per heavy atom. The molecule has 24 heavy (non-hydrogen) atoms. The molecule has 0 aromatic rings. The van der Waals surface area contributed by atoms with E-state index in [2.05, 4.69) is 11.9 Å². The zero-order valence-corrected chi connectivity index (χ0v) is 15.2. The predicted molar refractivity (Wildman–Crippen MR) is 91.1 cm³/mol. The van der Waals surface area contributed by atoms with Gasteiger partial charge in [0.25, 0.3) is 0 Å². The average Bonchev–Trinajstić information content (AvgIpc) is 2.63. The number of hydrogen-bond acceptors (Lipinski definition) is 8. The fourth-order valence-electron chi connectivity index (χ4n) is 1.55. The van der Waals surface area contributed by atoms with E-state index in [0.717, 1.165) is 0 Å². The van der Waals surface area contributed by atoms with Crippen LogP contribution in [0.4, 0.5) is 0 Å². The predicted octanol–water partition coefficient (Wildman–Crippen LogP) is 0.549. The Bertz CT molecular complexity index is 407. The third kappa shape index (κ3) is 11.3. The Kier molecular flexibility index (Phi) is 12.3. The Morgan fingerprint density at radius 1 is 1.33 bits per heavy atom. The average molecular weight is 367 g/mol. The van der Waals surface area contributed by atoms with Crippen LogP contribution < -0.4 is 5.32 Å². The van der Waals surface area contributed by atoms with Gasteiger partial charge in [-0.05, 0) is 12.8 Å². The summed E-state index contributed by atoms with van der Waals surface area (Å²) in [6.45, 7) is 5.30. The van der Waals surface area contributed by atoms with E-state index >= 15 is 0 Å². The normalized spacial score (nSPS) is 14.0. The Hall–Kier alpha value is -1.21. The number of hydrogen-bond donors (Lipinski definition) is 2. The van der Waals surface area contributed by atoms with E-state index in [9.17, 15) is 9.59 Å². The first-order chi connectivity index (χ1) is 12.0. The van der Waals surface area contributed by atoms with Crippen molar-refractivity contribution in [1.29, 1.82) is 1.28 Å². The molecule has 0 aromatic heterocycles. The maximum Gasteiger partial charge on any atom is 0.325 e. The maximum absolute atomic E-state index is 11.7. The molecule has 2 N–H and O–H groups in total. The van der Waals surface area contributed by atoms with Gasteiger partial charge in [-0.25, -0.2) is 0 Å². The van der Waals surface area contributed by atoms with E-state index in [1.54, 1.807) is 0 Å². The van der Waals surface area contributed by atoms with Gasteiger partial charge in [-0.3, -0.25) is 9.59 Å². The summed E-state index contributed by atoms with van der Waals surface area (Å²) in [5.74, 6) is -0.929. The van der Waals surface area contributed by atoms with E-state index < -0.39 is 18.2 Å². The fourth-order valence-corrected chi connectivity index (χ4v) is 1.71. The highest BCUT2D eigenvalue weighted by Gasteiger charge is 2.16.